The molecule has 0 atom stereocenters. The van der Waals surface area contributed by atoms with Crippen molar-refractivity contribution in [3.05, 3.63) is 27.1 Å². The molecular weight excluding hydrogens is 342 g/mol. The van der Waals surface area contributed by atoms with Gasteiger partial charge in [0, 0.05) is 21.2 Å². The molecule has 0 amide bonds. The van der Waals surface area contributed by atoms with E-state index in [1.54, 1.807) is 0 Å². The highest BCUT2D eigenvalue weighted by molar-refractivity contribution is 9.11. The largest absolute Gasteiger partial charge is 0.384 e. The minimum absolute atomic E-state index is 0.855. The lowest BCUT2D eigenvalue weighted by atomic mass is 10.0. The van der Waals surface area contributed by atoms with Crippen molar-refractivity contribution >= 4 is 37.5 Å². The molecule has 0 unspecified atom stereocenters. The monoisotopic (exact) mass is 359 g/mol. The number of anilines is 1. The summed E-state index contributed by atoms with van der Waals surface area (Å²) in [6.07, 6.45) is 8.46. The van der Waals surface area contributed by atoms with Crippen molar-refractivity contribution in [2.45, 2.75) is 38.5 Å². The lowest BCUT2D eigenvalue weighted by Gasteiger charge is -2.16. The Kier molecular flexibility index (Phi) is 5.36. The predicted molar refractivity (Wildman–Crippen MR) is 81.5 cm³/mol. The molecule has 2 rings (SSSR count). The van der Waals surface area contributed by atoms with Gasteiger partial charge in [0.05, 0.1) is 0 Å². The van der Waals surface area contributed by atoms with Gasteiger partial charge in [-0.05, 0) is 52.9 Å². The van der Waals surface area contributed by atoms with E-state index in [1.165, 1.54) is 44.2 Å². The zero-order chi connectivity index (χ0) is 12.1. The van der Waals surface area contributed by atoms with E-state index in [0.29, 0.717) is 0 Å². The summed E-state index contributed by atoms with van der Waals surface area (Å²) in [5.41, 5.74) is 1.21. The van der Waals surface area contributed by atoms with E-state index in [4.69, 9.17) is 0 Å². The molecule has 1 fully saturated rings. The van der Waals surface area contributed by atoms with Crippen LogP contribution >= 0.6 is 31.9 Å². The molecule has 0 heterocycles. The molecule has 17 heavy (non-hydrogen) atoms. The van der Waals surface area contributed by atoms with E-state index < -0.39 is 0 Å². The third-order valence-corrected chi connectivity index (χ3v) is 4.64. The Morgan fingerprint density at radius 2 is 1.76 bits per heavy atom. The number of hydrogen-bond donors (Lipinski definition) is 1. The Balaban J connectivity index is 1.88. The van der Waals surface area contributed by atoms with E-state index >= 15 is 0 Å². The molecule has 0 bridgehead atoms. The van der Waals surface area contributed by atoms with Crippen molar-refractivity contribution < 1.29 is 0 Å². The second kappa shape index (κ2) is 6.79. The van der Waals surface area contributed by atoms with E-state index in [1.807, 2.05) is 0 Å². The van der Waals surface area contributed by atoms with Crippen molar-refractivity contribution in [2.75, 3.05) is 11.9 Å². The van der Waals surface area contributed by atoms with Crippen LogP contribution in [0.15, 0.2) is 27.1 Å². The molecule has 94 valence electrons. The van der Waals surface area contributed by atoms with Gasteiger partial charge >= 0.3 is 0 Å². The summed E-state index contributed by atoms with van der Waals surface area (Å²) < 4.78 is 2.25. The summed E-state index contributed by atoms with van der Waals surface area (Å²) in [5, 5.41) is 3.57. The average molecular weight is 361 g/mol. The number of benzene rings is 1. The third kappa shape index (κ3) is 4.29. The molecule has 1 aromatic rings. The van der Waals surface area contributed by atoms with Crippen LogP contribution in [0.1, 0.15) is 38.5 Å². The minimum atomic E-state index is 0.855. The first-order valence-corrected chi connectivity index (χ1v) is 8.03. The van der Waals surface area contributed by atoms with Crippen molar-refractivity contribution in [3.63, 3.8) is 0 Å². The van der Waals surface area contributed by atoms with Crippen molar-refractivity contribution in [1.82, 2.24) is 0 Å². The van der Waals surface area contributed by atoms with Gasteiger partial charge < -0.3 is 5.32 Å². The van der Waals surface area contributed by atoms with Crippen LogP contribution in [-0.4, -0.2) is 6.54 Å². The zero-order valence-corrected chi connectivity index (χ0v) is 13.2. The maximum Gasteiger partial charge on any atom is 0.0485 e. The number of hydrogen-bond acceptors (Lipinski definition) is 1. The molecule has 1 N–H and O–H groups in total. The standard InChI is InChI=1S/C14H19Br2N/c15-12-7-8-14(13(16)9-12)17-10-11-5-3-1-2-4-6-11/h7-9,11,17H,1-6,10H2. The van der Waals surface area contributed by atoms with E-state index in [-0.39, 0.29) is 0 Å². The first-order chi connectivity index (χ1) is 8.25. The molecule has 0 aliphatic heterocycles. The Labute approximate surface area is 121 Å². The van der Waals surface area contributed by atoms with Crippen LogP contribution in [0.4, 0.5) is 5.69 Å². The molecule has 1 aliphatic rings. The second-order valence-electron chi connectivity index (χ2n) is 4.86. The van der Waals surface area contributed by atoms with Gasteiger partial charge in [-0.15, -0.1) is 0 Å². The van der Waals surface area contributed by atoms with Gasteiger partial charge in [-0.1, -0.05) is 41.6 Å². The van der Waals surface area contributed by atoms with Gasteiger partial charge in [0.1, 0.15) is 0 Å². The topological polar surface area (TPSA) is 12.0 Å². The van der Waals surface area contributed by atoms with Crippen LogP contribution in [0.25, 0.3) is 0 Å². The SMILES string of the molecule is Brc1ccc(NCC2CCCCCC2)c(Br)c1. The van der Waals surface area contributed by atoms with E-state index in [2.05, 4.69) is 55.4 Å². The lowest BCUT2D eigenvalue weighted by Crippen LogP contribution is -2.13. The van der Waals surface area contributed by atoms with Gasteiger partial charge in [0.25, 0.3) is 0 Å². The number of rotatable bonds is 3. The fourth-order valence-corrected chi connectivity index (χ4v) is 3.64. The lowest BCUT2D eigenvalue weighted by molar-refractivity contribution is 0.483. The molecule has 1 aliphatic carbocycles. The minimum Gasteiger partial charge on any atom is -0.384 e. The van der Waals surface area contributed by atoms with Crippen LogP contribution in [0.5, 0.6) is 0 Å². The van der Waals surface area contributed by atoms with Gasteiger partial charge in [0.15, 0.2) is 0 Å². The van der Waals surface area contributed by atoms with E-state index in [0.717, 1.165) is 21.4 Å². The molecule has 3 heteroatoms. The van der Waals surface area contributed by atoms with Crippen LogP contribution in [-0.2, 0) is 0 Å². The quantitative estimate of drug-likeness (QED) is 0.692. The highest BCUT2D eigenvalue weighted by Gasteiger charge is 2.12. The number of nitrogens with one attached hydrogen (secondary N) is 1. The van der Waals surface area contributed by atoms with Crippen LogP contribution < -0.4 is 5.32 Å². The van der Waals surface area contributed by atoms with Crippen molar-refractivity contribution in [1.29, 1.82) is 0 Å². The predicted octanol–water partition coefficient (Wildman–Crippen LogP) is 5.59. The van der Waals surface area contributed by atoms with Crippen molar-refractivity contribution in [2.24, 2.45) is 5.92 Å². The van der Waals surface area contributed by atoms with Gasteiger partial charge in [-0.2, -0.15) is 0 Å². The number of halogens is 2. The molecule has 0 spiro atoms. The van der Waals surface area contributed by atoms with Crippen LogP contribution in [0, 0.1) is 5.92 Å². The summed E-state index contributed by atoms with van der Waals surface area (Å²) >= 11 is 7.07. The molecule has 1 nitrogen and oxygen atoms in total. The Hall–Kier alpha value is -0.0200. The fourth-order valence-electron chi connectivity index (χ4n) is 2.46. The Bertz CT molecular complexity index is 357. The first kappa shape index (κ1) is 13.4. The summed E-state index contributed by atoms with van der Waals surface area (Å²) in [6.45, 7) is 1.11. The summed E-state index contributed by atoms with van der Waals surface area (Å²) in [4.78, 5) is 0. The highest BCUT2D eigenvalue weighted by atomic mass is 79.9. The summed E-state index contributed by atoms with van der Waals surface area (Å²) in [5.74, 6) is 0.855. The highest BCUT2D eigenvalue weighted by Crippen LogP contribution is 2.28. The molecule has 1 aromatic carbocycles. The smallest absolute Gasteiger partial charge is 0.0485 e. The van der Waals surface area contributed by atoms with Gasteiger partial charge in [-0.25, -0.2) is 0 Å². The van der Waals surface area contributed by atoms with Crippen molar-refractivity contribution in [3.8, 4) is 0 Å². The Morgan fingerprint density at radius 1 is 1.06 bits per heavy atom. The third-order valence-electron chi connectivity index (χ3n) is 3.49. The average Bonchev–Trinajstić information content (AvgIpc) is 2.56. The summed E-state index contributed by atoms with van der Waals surface area (Å²) in [7, 11) is 0. The fraction of sp³-hybridized carbons (Fsp3) is 0.571. The second-order valence-corrected chi connectivity index (χ2v) is 6.63. The maximum atomic E-state index is 3.60. The van der Waals surface area contributed by atoms with Crippen LogP contribution in [0.3, 0.4) is 0 Å². The molecule has 1 saturated carbocycles. The van der Waals surface area contributed by atoms with E-state index in [9.17, 15) is 0 Å². The molecule has 0 radical (unpaired) electrons. The molecular formula is C14H19Br2N. The molecule has 0 saturated heterocycles. The van der Waals surface area contributed by atoms with Crippen LogP contribution in [0.2, 0.25) is 0 Å². The van der Waals surface area contributed by atoms with Gasteiger partial charge in [-0.3, -0.25) is 0 Å². The normalized spacial score (nSPS) is 17.8. The Morgan fingerprint density at radius 3 is 2.41 bits per heavy atom. The zero-order valence-electron chi connectivity index (χ0n) is 10.0. The first-order valence-electron chi connectivity index (χ1n) is 6.44. The van der Waals surface area contributed by atoms with Gasteiger partial charge in [0.2, 0.25) is 0 Å². The maximum absolute atomic E-state index is 3.60. The molecule has 0 aromatic heterocycles. The summed E-state index contributed by atoms with van der Waals surface area (Å²) in [6, 6.07) is 6.31.